The van der Waals surface area contributed by atoms with E-state index >= 15 is 0 Å². The van der Waals surface area contributed by atoms with E-state index in [-0.39, 0.29) is 5.37 Å². The summed E-state index contributed by atoms with van der Waals surface area (Å²) in [7, 11) is 2.08. The van der Waals surface area contributed by atoms with Crippen LogP contribution in [-0.2, 0) is 6.42 Å². The smallest absolute Gasteiger partial charge is 0.227 e. The van der Waals surface area contributed by atoms with Gasteiger partial charge in [0.2, 0.25) is 5.95 Å². The lowest BCUT2D eigenvalue weighted by molar-refractivity contribution is 0.441. The fraction of sp³-hybridized carbons (Fsp3) is 0.333. The molecule has 0 spiro atoms. The molecule has 120 valence electrons. The summed E-state index contributed by atoms with van der Waals surface area (Å²) in [6, 6.07) is 10.3. The van der Waals surface area contributed by atoms with Gasteiger partial charge in [0.05, 0.1) is 5.69 Å². The van der Waals surface area contributed by atoms with Gasteiger partial charge in [-0.15, -0.1) is 0 Å². The Morgan fingerprint density at radius 1 is 1.26 bits per heavy atom. The zero-order valence-corrected chi connectivity index (χ0v) is 14.6. The molecule has 1 unspecified atom stereocenters. The van der Waals surface area contributed by atoms with Crippen LogP contribution in [0.25, 0.3) is 0 Å². The topological polar surface area (TPSA) is 41.1 Å². The summed E-state index contributed by atoms with van der Waals surface area (Å²) >= 11 is 1.82. The molecule has 1 atom stereocenters. The molecule has 0 bridgehead atoms. The van der Waals surface area contributed by atoms with Gasteiger partial charge in [0, 0.05) is 30.0 Å². The second-order valence-corrected chi connectivity index (χ2v) is 7.04. The van der Waals surface area contributed by atoms with Crippen molar-refractivity contribution in [3.8, 4) is 0 Å². The summed E-state index contributed by atoms with van der Waals surface area (Å²) < 4.78 is 0. The number of aryl methyl sites for hydroxylation is 1. The predicted molar refractivity (Wildman–Crippen MR) is 97.6 cm³/mol. The maximum atomic E-state index is 4.72. The van der Waals surface area contributed by atoms with E-state index in [2.05, 4.69) is 60.5 Å². The van der Waals surface area contributed by atoms with Gasteiger partial charge in [-0.05, 0) is 31.0 Å². The van der Waals surface area contributed by atoms with Gasteiger partial charge < -0.3 is 10.2 Å². The number of para-hydroxylation sites is 1. The fourth-order valence-electron chi connectivity index (χ4n) is 2.73. The van der Waals surface area contributed by atoms with Gasteiger partial charge in [0.15, 0.2) is 0 Å². The van der Waals surface area contributed by atoms with Crippen LogP contribution in [0.4, 0.5) is 11.6 Å². The van der Waals surface area contributed by atoms with E-state index in [0.29, 0.717) is 5.95 Å². The van der Waals surface area contributed by atoms with E-state index in [1.807, 2.05) is 30.1 Å². The van der Waals surface area contributed by atoms with Crippen molar-refractivity contribution in [3.05, 3.63) is 58.9 Å². The number of nitrogens with zero attached hydrogens (tertiary/aromatic N) is 3. The first kappa shape index (κ1) is 15.9. The fourth-order valence-corrected chi connectivity index (χ4v) is 3.79. The summed E-state index contributed by atoms with van der Waals surface area (Å²) in [4.78, 5) is 12.6. The van der Waals surface area contributed by atoms with Crippen molar-refractivity contribution in [2.24, 2.45) is 0 Å². The zero-order valence-electron chi connectivity index (χ0n) is 13.8. The Bertz CT molecular complexity index is 714. The monoisotopic (exact) mass is 326 g/mol. The summed E-state index contributed by atoms with van der Waals surface area (Å²) in [6.45, 7) is 4.32. The molecule has 0 amide bonds. The van der Waals surface area contributed by atoms with E-state index in [1.54, 1.807) is 0 Å². The van der Waals surface area contributed by atoms with Crippen LogP contribution in [0.1, 0.15) is 36.9 Å². The normalized spacial score (nSPS) is 17.3. The Labute approximate surface area is 142 Å². The van der Waals surface area contributed by atoms with Gasteiger partial charge in [-0.2, -0.15) is 0 Å². The molecule has 1 aliphatic rings. The van der Waals surface area contributed by atoms with Gasteiger partial charge >= 0.3 is 0 Å². The molecular formula is C18H22N4S. The first-order valence-electron chi connectivity index (χ1n) is 7.92. The third kappa shape index (κ3) is 3.67. The Hall–Kier alpha value is -2.01. The van der Waals surface area contributed by atoms with Gasteiger partial charge in [-0.25, -0.2) is 9.97 Å². The van der Waals surface area contributed by atoms with E-state index in [0.717, 1.165) is 24.2 Å². The summed E-state index contributed by atoms with van der Waals surface area (Å²) in [5.41, 5.74) is 3.41. The van der Waals surface area contributed by atoms with Crippen LogP contribution in [0.15, 0.2) is 47.6 Å². The third-order valence-corrected chi connectivity index (χ3v) is 5.04. The molecule has 4 nitrogen and oxygen atoms in total. The number of allylic oxidation sites excluding steroid dienone is 1. The molecule has 0 saturated heterocycles. The number of rotatable bonds is 5. The van der Waals surface area contributed by atoms with Crippen molar-refractivity contribution in [3.63, 3.8) is 0 Å². The van der Waals surface area contributed by atoms with Gasteiger partial charge in [0.1, 0.15) is 5.37 Å². The molecule has 0 fully saturated rings. The van der Waals surface area contributed by atoms with E-state index in [4.69, 9.17) is 4.98 Å². The minimum atomic E-state index is 0.226. The maximum absolute atomic E-state index is 4.72. The summed E-state index contributed by atoms with van der Waals surface area (Å²) in [6.07, 6.45) is 6.15. The highest BCUT2D eigenvalue weighted by Gasteiger charge is 2.23. The van der Waals surface area contributed by atoms with Crippen LogP contribution >= 0.6 is 11.8 Å². The second-order valence-electron chi connectivity index (χ2n) is 5.71. The third-order valence-electron chi connectivity index (χ3n) is 3.77. The molecule has 23 heavy (non-hydrogen) atoms. The number of benzene rings is 1. The molecule has 2 aromatic rings. The van der Waals surface area contributed by atoms with Crippen molar-refractivity contribution in [2.45, 2.75) is 32.1 Å². The van der Waals surface area contributed by atoms with Crippen LogP contribution in [0.5, 0.6) is 0 Å². The van der Waals surface area contributed by atoms with Crippen molar-refractivity contribution in [1.82, 2.24) is 14.9 Å². The van der Waals surface area contributed by atoms with Crippen LogP contribution in [-0.4, -0.2) is 21.9 Å². The first-order valence-corrected chi connectivity index (χ1v) is 8.80. The zero-order chi connectivity index (χ0) is 16.2. The summed E-state index contributed by atoms with van der Waals surface area (Å²) in [5, 5.41) is 3.61. The van der Waals surface area contributed by atoms with Crippen LogP contribution < -0.4 is 5.32 Å². The quantitative estimate of drug-likeness (QED) is 0.861. The number of hydrogen-bond donors (Lipinski definition) is 1. The summed E-state index contributed by atoms with van der Waals surface area (Å²) in [5.74, 6) is 0.657. The van der Waals surface area contributed by atoms with Gasteiger partial charge in [-0.3, -0.25) is 0 Å². The molecule has 1 N–H and O–H groups in total. The Balaban J connectivity index is 1.81. The average Bonchev–Trinajstić information content (AvgIpc) is 2.88. The second kappa shape index (κ2) is 7.04. The van der Waals surface area contributed by atoms with Crippen LogP contribution in [0, 0.1) is 0 Å². The molecule has 0 aliphatic carbocycles. The van der Waals surface area contributed by atoms with Crippen LogP contribution in [0.2, 0.25) is 0 Å². The molecule has 1 aliphatic heterocycles. The highest BCUT2D eigenvalue weighted by atomic mass is 32.2. The Kier molecular flexibility index (Phi) is 4.86. The molecule has 2 heterocycles. The standard InChI is InChI=1S/C18H22N4S/c1-4-7-14-8-5-6-9-15(14)20-18-19-11-10-16(21-18)17-22(3)12-13(2)23-17/h5-6,8-12,17H,4,7H2,1-3H3,(H,19,20,21). The molecule has 5 heteroatoms. The van der Waals surface area contributed by atoms with Crippen molar-refractivity contribution >= 4 is 23.4 Å². The molecular weight excluding hydrogens is 304 g/mol. The highest BCUT2D eigenvalue weighted by Crippen LogP contribution is 2.41. The van der Waals surface area contributed by atoms with Crippen molar-refractivity contribution in [1.29, 1.82) is 0 Å². The van der Waals surface area contributed by atoms with E-state index in [9.17, 15) is 0 Å². The Morgan fingerprint density at radius 2 is 2.09 bits per heavy atom. The van der Waals surface area contributed by atoms with Crippen molar-refractivity contribution < 1.29 is 0 Å². The van der Waals surface area contributed by atoms with E-state index < -0.39 is 0 Å². The maximum Gasteiger partial charge on any atom is 0.227 e. The molecule has 3 rings (SSSR count). The van der Waals surface area contributed by atoms with Crippen LogP contribution in [0.3, 0.4) is 0 Å². The largest absolute Gasteiger partial charge is 0.362 e. The first-order chi connectivity index (χ1) is 11.2. The lowest BCUT2D eigenvalue weighted by atomic mass is 10.1. The molecule has 0 saturated carbocycles. The minimum Gasteiger partial charge on any atom is -0.362 e. The lowest BCUT2D eigenvalue weighted by Gasteiger charge is -2.19. The minimum absolute atomic E-state index is 0.226. The SMILES string of the molecule is CCCc1ccccc1Nc1nccc(C2SC(C)=CN2C)n1. The number of aromatic nitrogens is 2. The molecule has 1 aromatic carbocycles. The lowest BCUT2D eigenvalue weighted by Crippen LogP contribution is -2.14. The average molecular weight is 326 g/mol. The number of nitrogens with one attached hydrogen (secondary N) is 1. The molecule has 1 aromatic heterocycles. The number of thioether (sulfide) groups is 1. The number of anilines is 2. The predicted octanol–water partition coefficient (Wildman–Crippen LogP) is 4.71. The van der Waals surface area contributed by atoms with E-state index in [1.165, 1.54) is 10.5 Å². The molecule has 0 radical (unpaired) electrons. The van der Waals surface area contributed by atoms with Crippen molar-refractivity contribution in [2.75, 3.05) is 12.4 Å². The Morgan fingerprint density at radius 3 is 2.83 bits per heavy atom. The highest BCUT2D eigenvalue weighted by molar-refractivity contribution is 8.03. The van der Waals surface area contributed by atoms with Gasteiger partial charge in [-0.1, -0.05) is 43.3 Å². The number of hydrogen-bond acceptors (Lipinski definition) is 5. The van der Waals surface area contributed by atoms with Gasteiger partial charge in [0.25, 0.3) is 0 Å².